The minimum absolute atomic E-state index is 0.116. The van der Waals surface area contributed by atoms with Crippen molar-refractivity contribution in [2.24, 2.45) is 5.92 Å². The Hall–Kier alpha value is -1.55. The van der Waals surface area contributed by atoms with E-state index in [0.717, 1.165) is 31.4 Å². The van der Waals surface area contributed by atoms with Gasteiger partial charge in [-0.05, 0) is 51.3 Å². The van der Waals surface area contributed by atoms with Gasteiger partial charge in [-0.15, -0.1) is 0 Å². The number of esters is 1. The first-order valence-corrected chi connectivity index (χ1v) is 7.77. The van der Waals surface area contributed by atoms with E-state index in [-0.39, 0.29) is 11.9 Å². The number of nitrogens with one attached hydrogen (secondary N) is 1. The molecule has 21 heavy (non-hydrogen) atoms. The zero-order valence-corrected chi connectivity index (χ0v) is 12.9. The molecule has 4 heteroatoms. The van der Waals surface area contributed by atoms with Crippen molar-refractivity contribution in [3.05, 3.63) is 30.3 Å². The van der Waals surface area contributed by atoms with Gasteiger partial charge >= 0.3 is 5.97 Å². The topological polar surface area (TPSA) is 47.6 Å². The summed E-state index contributed by atoms with van der Waals surface area (Å²) in [5, 5.41) is 3.23. The van der Waals surface area contributed by atoms with Gasteiger partial charge in [0.15, 0.2) is 0 Å². The second kappa shape index (κ2) is 7.46. The maximum Gasteiger partial charge on any atom is 0.326 e. The first kappa shape index (κ1) is 15.8. The standard InChI is InChI=1S/C17H25NO3/c1-3-20-16(19)17(18-2)12-7-8-14(17)11-13-21-15-9-5-4-6-10-15/h4-6,9-10,14,18H,3,7-8,11-13H2,1-2H3. The summed E-state index contributed by atoms with van der Waals surface area (Å²) in [5.41, 5.74) is -0.532. The van der Waals surface area contributed by atoms with Crippen LogP contribution in [0.3, 0.4) is 0 Å². The van der Waals surface area contributed by atoms with E-state index < -0.39 is 5.54 Å². The van der Waals surface area contributed by atoms with Gasteiger partial charge in [-0.25, -0.2) is 0 Å². The van der Waals surface area contributed by atoms with Crippen molar-refractivity contribution in [3.63, 3.8) is 0 Å². The third kappa shape index (κ3) is 3.56. The predicted octanol–water partition coefficient (Wildman–Crippen LogP) is 2.78. The number of benzene rings is 1. The van der Waals surface area contributed by atoms with Crippen LogP contribution >= 0.6 is 0 Å². The predicted molar refractivity (Wildman–Crippen MR) is 82.3 cm³/mol. The number of likely N-dealkylation sites (N-methyl/N-ethyl adjacent to an activating group) is 1. The lowest BCUT2D eigenvalue weighted by Crippen LogP contribution is -2.54. The zero-order chi connectivity index (χ0) is 15.1. The highest BCUT2D eigenvalue weighted by Gasteiger charge is 2.48. The van der Waals surface area contributed by atoms with Gasteiger partial charge in [-0.3, -0.25) is 4.79 Å². The van der Waals surface area contributed by atoms with Gasteiger partial charge in [0.2, 0.25) is 0 Å². The number of para-hydroxylation sites is 1. The molecule has 2 rings (SSSR count). The summed E-state index contributed by atoms with van der Waals surface area (Å²) in [7, 11) is 1.85. The molecule has 1 aliphatic rings. The van der Waals surface area contributed by atoms with Gasteiger partial charge in [0.25, 0.3) is 0 Å². The summed E-state index contributed by atoms with van der Waals surface area (Å²) >= 11 is 0. The zero-order valence-electron chi connectivity index (χ0n) is 12.9. The fourth-order valence-corrected chi connectivity index (χ4v) is 3.26. The van der Waals surface area contributed by atoms with Crippen molar-refractivity contribution in [2.45, 2.75) is 38.1 Å². The number of carbonyl (C=O) groups excluding carboxylic acids is 1. The van der Waals surface area contributed by atoms with Crippen LogP contribution in [-0.2, 0) is 9.53 Å². The Balaban J connectivity index is 1.93. The summed E-state index contributed by atoms with van der Waals surface area (Å²) in [5.74, 6) is 1.03. The molecule has 1 aromatic carbocycles. The first-order valence-electron chi connectivity index (χ1n) is 7.77. The van der Waals surface area contributed by atoms with Crippen LogP contribution < -0.4 is 10.1 Å². The summed E-state index contributed by atoms with van der Waals surface area (Å²) in [6.45, 7) is 2.90. The SMILES string of the molecule is CCOC(=O)C1(NC)CCCC1CCOc1ccccc1. The second-order valence-electron chi connectivity index (χ2n) is 5.48. The highest BCUT2D eigenvalue weighted by Crippen LogP contribution is 2.38. The molecular weight excluding hydrogens is 266 g/mol. The largest absolute Gasteiger partial charge is 0.494 e. The molecule has 0 amide bonds. The lowest BCUT2D eigenvalue weighted by Gasteiger charge is -2.32. The smallest absolute Gasteiger partial charge is 0.326 e. The number of carbonyl (C=O) groups is 1. The van der Waals surface area contributed by atoms with E-state index in [9.17, 15) is 4.79 Å². The lowest BCUT2D eigenvalue weighted by atomic mass is 9.85. The lowest BCUT2D eigenvalue weighted by molar-refractivity contribution is -0.153. The Morgan fingerprint density at radius 1 is 1.38 bits per heavy atom. The molecule has 0 aliphatic heterocycles. The Morgan fingerprint density at radius 3 is 2.81 bits per heavy atom. The van der Waals surface area contributed by atoms with Crippen LogP contribution in [0.4, 0.5) is 0 Å². The van der Waals surface area contributed by atoms with Crippen LogP contribution in [0.2, 0.25) is 0 Å². The molecule has 0 aromatic heterocycles. The van der Waals surface area contributed by atoms with Gasteiger partial charge in [0, 0.05) is 0 Å². The van der Waals surface area contributed by atoms with E-state index in [1.54, 1.807) is 0 Å². The fourth-order valence-electron chi connectivity index (χ4n) is 3.26. The molecular formula is C17H25NO3. The number of hydrogen-bond donors (Lipinski definition) is 1. The third-order valence-electron chi connectivity index (χ3n) is 4.38. The minimum Gasteiger partial charge on any atom is -0.494 e. The van der Waals surface area contributed by atoms with E-state index in [0.29, 0.717) is 13.2 Å². The Morgan fingerprint density at radius 2 is 2.14 bits per heavy atom. The summed E-state index contributed by atoms with van der Waals surface area (Å²) < 4.78 is 11.0. The van der Waals surface area contributed by atoms with Crippen LogP contribution in [0.15, 0.2) is 30.3 Å². The quantitative estimate of drug-likeness (QED) is 0.785. The van der Waals surface area contributed by atoms with Gasteiger partial charge in [-0.1, -0.05) is 24.6 Å². The van der Waals surface area contributed by atoms with Gasteiger partial charge in [0.05, 0.1) is 13.2 Å². The molecule has 0 radical (unpaired) electrons. The average molecular weight is 291 g/mol. The van der Waals surface area contributed by atoms with Crippen LogP contribution in [-0.4, -0.2) is 31.8 Å². The van der Waals surface area contributed by atoms with Crippen molar-refractivity contribution in [1.82, 2.24) is 5.32 Å². The van der Waals surface area contributed by atoms with Gasteiger partial charge in [-0.2, -0.15) is 0 Å². The highest BCUT2D eigenvalue weighted by molar-refractivity contribution is 5.81. The normalized spacial score (nSPS) is 24.8. The maximum absolute atomic E-state index is 12.3. The van der Waals surface area contributed by atoms with E-state index in [1.165, 1.54) is 0 Å². The van der Waals surface area contributed by atoms with Crippen molar-refractivity contribution in [3.8, 4) is 5.75 Å². The molecule has 2 unspecified atom stereocenters. The van der Waals surface area contributed by atoms with Gasteiger partial charge in [0.1, 0.15) is 11.3 Å². The first-order chi connectivity index (χ1) is 10.2. The molecule has 0 heterocycles. The Bertz CT molecular complexity index is 449. The monoisotopic (exact) mass is 291 g/mol. The van der Waals surface area contributed by atoms with Crippen LogP contribution in [0, 0.1) is 5.92 Å². The molecule has 4 nitrogen and oxygen atoms in total. The van der Waals surface area contributed by atoms with Crippen molar-refractivity contribution >= 4 is 5.97 Å². The van der Waals surface area contributed by atoms with Crippen LogP contribution in [0.25, 0.3) is 0 Å². The molecule has 1 aromatic rings. The van der Waals surface area contributed by atoms with Crippen molar-refractivity contribution in [1.29, 1.82) is 0 Å². The number of ether oxygens (including phenoxy) is 2. The summed E-state index contributed by atoms with van der Waals surface area (Å²) in [6, 6.07) is 9.79. The Kier molecular flexibility index (Phi) is 5.62. The van der Waals surface area contributed by atoms with Crippen molar-refractivity contribution in [2.75, 3.05) is 20.3 Å². The Labute approximate surface area is 126 Å². The highest BCUT2D eigenvalue weighted by atomic mass is 16.5. The molecule has 0 spiro atoms. The van der Waals surface area contributed by atoms with E-state index in [1.807, 2.05) is 44.3 Å². The molecule has 116 valence electrons. The van der Waals surface area contributed by atoms with E-state index in [2.05, 4.69) is 5.32 Å². The molecule has 1 fully saturated rings. The maximum atomic E-state index is 12.3. The molecule has 0 bridgehead atoms. The van der Waals surface area contributed by atoms with Crippen LogP contribution in [0.5, 0.6) is 5.75 Å². The van der Waals surface area contributed by atoms with Crippen LogP contribution in [0.1, 0.15) is 32.6 Å². The van der Waals surface area contributed by atoms with Gasteiger partial charge < -0.3 is 14.8 Å². The molecule has 2 atom stereocenters. The number of rotatable bonds is 7. The molecule has 0 saturated heterocycles. The average Bonchev–Trinajstić information content (AvgIpc) is 2.93. The summed E-state index contributed by atoms with van der Waals surface area (Å²) in [6.07, 6.45) is 3.79. The van der Waals surface area contributed by atoms with E-state index in [4.69, 9.17) is 9.47 Å². The molecule has 1 saturated carbocycles. The third-order valence-corrected chi connectivity index (χ3v) is 4.38. The van der Waals surface area contributed by atoms with E-state index >= 15 is 0 Å². The molecule has 1 N–H and O–H groups in total. The fraction of sp³-hybridized carbons (Fsp3) is 0.588. The molecule has 1 aliphatic carbocycles. The second-order valence-corrected chi connectivity index (χ2v) is 5.48. The number of hydrogen-bond acceptors (Lipinski definition) is 4. The van der Waals surface area contributed by atoms with Crippen molar-refractivity contribution < 1.29 is 14.3 Å². The minimum atomic E-state index is -0.532. The summed E-state index contributed by atoms with van der Waals surface area (Å²) in [4.78, 5) is 12.3.